The predicted molar refractivity (Wildman–Crippen MR) is 407 cm³/mol. The molecule has 7 aromatic rings. The van der Waals surface area contributed by atoms with Crippen molar-refractivity contribution in [3.63, 3.8) is 0 Å². The molecule has 26 nitrogen and oxygen atoms in total. The molecule has 0 spiro atoms. The Bertz CT molecular complexity index is 4050. The summed E-state index contributed by atoms with van der Waals surface area (Å²) in [4.78, 5) is 68.3. The van der Waals surface area contributed by atoms with Gasteiger partial charge < -0.3 is 100 Å². The molecule has 4 fully saturated rings. The van der Waals surface area contributed by atoms with Crippen LogP contribution in [-0.2, 0) is 155 Å². The van der Waals surface area contributed by atoms with Gasteiger partial charge in [0.1, 0.15) is 73.3 Å². The quantitative estimate of drug-likeness (QED) is 0.0212. The minimum absolute atomic E-state index is 0.00893. The average Bonchev–Trinajstić information content (AvgIpc) is 0.755. The van der Waals surface area contributed by atoms with Crippen molar-refractivity contribution in [1.29, 1.82) is 0 Å². The maximum atomic E-state index is 14.9. The molecule has 0 radical (unpaired) electrons. The molecule has 113 heavy (non-hydrogen) atoms. The van der Waals surface area contributed by atoms with E-state index >= 15 is 0 Å². The molecule has 0 aromatic heterocycles. The van der Waals surface area contributed by atoms with E-state index < -0.39 is 163 Å². The van der Waals surface area contributed by atoms with Gasteiger partial charge in [0, 0.05) is 27.7 Å². The van der Waals surface area contributed by atoms with E-state index in [4.69, 9.17) is 125 Å². The van der Waals surface area contributed by atoms with E-state index in [1.165, 1.54) is 39.8 Å². The van der Waals surface area contributed by atoms with Gasteiger partial charge in [-0.05, 0) is 64.9 Å². The fourth-order valence-electron chi connectivity index (χ4n) is 13.6. The van der Waals surface area contributed by atoms with Crippen LogP contribution in [0.25, 0.3) is 0 Å². The van der Waals surface area contributed by atoms with Crippen LogP contribution in [-0.4, -0.2) is 181 Å². The molecule has 0 aliphatic carbocycles. The van der Waals surface area contributed by atoms with Gasteiger partial charge in [-0.25, -0.2) is 4.79 Å². The number of aromatic hydroxyl groups is 1. The average molecular weight is 1620 g/mol. The van der Waals surface area contributed by atoms with Crippen molar-refractivity contribution in [1.82, 2.24) is 5.32 Å². The molecule has 4 heterocycles. The Morgan fingerprint density at radius 3 is 1.07 bits per heavy atom. The molecule has 0 saturated carbocycles. The number of alkyl carbamates (subject to hydrolysis) is 1. The Hall–Kier alpha value is -8.20. The van der Waals surface area contributed by atoms with Crippen LogP contribution < -0.4 is 5.32 Å². The molecule has 0 unspecified atom stereocenters. The van der Waals surface area contributed by atoms with Crippen molar-refractivity contribution in [2.45, 2.75) is 214 Å². The zero-order valence-corrected chi connectivity index (χ0v) is 65.4. The Labute approximate surface area is 670 Å². The smallest absolute Gasteiger partial charge is 0.407 e. The monoisotopic (exact) mass is 1620 g/mol. The number of esters is 4. The molecule has 29 heteroatoms. The number of benzene rings is 7. The minimum atomic E-state index is -2.14. The lowest BCUT2D eigenvalue weighted by atomic mass is 9.93. The number of phenolic OH excluding ortho intramolecular Hbond substituents is 1. The molecule has 20 atom stereocenters. The number of phenols is 1. The van der Waals surface area contributed by atoms with Crippen LogP contribution in [0, 0.1) is 0 Å². The molecule has 1 amide bonds. The SMILES string of the molecule is CC(=O)O[C@H]1[C@H](OCc2ccccc2)[C@H](O[C@@H]2[C@@H](NC(=O)OCC(Cl)(Cl)Cl)[C@H](OCc3ccc(O)cc3)O[C@H](COCc3ccccc3)[C@H]2O[C@@H]2O[C@H](COCc3ccccc3)[C@H](OCc3ccccc3)[C@H](OCc3ccccc3)[C@H]2O[C@@H]2O[C@@H](C)[C@@H](OC(C)=O)[C@@H](OC(C)=O)[C@@H]2OCc2ccccc2)O[C@@H](C)[C@H]1OC(C)=O. The first-order chi connectivity index (χ1) is 54.6. The Morgan fingerprint density at radius 1 is 0.354 bits per heavy atom. The summed E-state index contributed by atoms with van der Waals surface area (Å²) >= 11 is 18.8. The number of rotatable bonds is 35. The van der Waals surface area contributed by atoms with Gasteiger partial charge in [0.05, 0.1) is 71.7 Å². The molecule has 2 N–H and O–H groups in total. The summed E-state index contributed by atoms with van der Waals surface area (Å²) in [5.74, 6) is -3.05. The molecule has 4 saturated heterocycles. The third-order valence-corrected chi connectivity index (χ3v) is 19.0. The van der Waals surface area contributed by atoms with Gasteiger partial charge >= 0.3 is 30.0 Å². The van der Waals surface area contributed by atoms with Crippen LogP contribution >= 0.6 is 34.8 Å². The number of hydrogen-bond donors (Lipinski definition) is 2. The second-order valence-corrected chi connectivity index (χ2v) is 30.0. The van der Waals surface area contributed by atoms with Crippen LogP contribution in [0.4, 0.5) is 4.79 Å². The fraction of sp³-hybridized carbons (Fsp3) is 0.440. The van der Waals surface area contributed by atoms with E-state index in [-0.39, 0.29) is 65.2 Å². The summed E-state index contributed by atoms with van der Waals surface area (Å²) in [6.07, 6.45) is -28.9. The zero-order chi connectivity index (χ0) is 79.8. The highest BCUT2D eigenvalue weighted by Gasteiger charge is 2.60. The van der Waals surface area contributed by atoms with Crippen molar-refractivity contribution < 1.29 is 119 Å². The van der Waals surface area contributed by atoms with Crippen molar-refractivity contribution in [3.8, 4) is 5.75 Å². The van der Waals surface area contributed by atoms with Gasteiger partial charge in [-0.2, -0.15) is 0 Å². The van der Waals surface area contributed by atoms with Crippen LogP contribution in [0.15, 0.2) is 206 Å². The van der Waals surface area contributed by atoms with Gasteiger partial charge in [0.25, 0.3) is 0 Å². The molecule has 4 aliphatic rings. The fourth-order valence-corrected chi connectivity index (χ4v) is 13.7. The highest BCUT2D eigenvalue weighted by Crippen LogP contribution is 2.41. The standard InChI is InChI=1S/C84H94Cl3NO25/c1-51-68(105-53(3)89)74(107-55(5)91)76(99-45-61-33-21-11-22-34-61)80(103-51)112-72-67(88-83(94)102-50-84(85,86)87)79(101-47-63-37-39-64(93)40-38-63)109-66(49-96-42-58-27-15-8-16-28-58)71(72)111-82-78(113-81-77(100-46-62-35-23-12-24-36-62)75(108-56(6)92)69(52(2)104-81)106-54(4)90)73(98-44-60-31-19-10-20-32-60)70(97-43-59-29-17-9-18-30-59)65(110-82)48-95-41-57-25-13-7-14-26-57/h7-40,51-52,65-82,93H,41-50H2,1-6H3,(H,88,94)/t51-,52-,65+,66+,67+,68+,69+,70-,71+,72+,73-,74+,75+,76-,77-,78+,79+,80-,81-,82-/m0/s1. The molecular formula is C84H94Cl3NO25. The molecule has 606 valence electrons. The van der Waals surface area contributed by atoms with Crippen molar-refractivity contribution in [2.24, 2.45) is 0 Å². The van der Waals surface area contributed by atoms with E-state index in [1.807, 2.05) is 158 Å². The number of carbonyl (C=O) groups excluding carboxylic acids is 5. The summed E-state index contributed by atoms with van der Waals surface area (Å²) in [6.45, 7) is 6.03. The highest BCUT2D eigenvalue weighted by atomic mass is 35.6. The van der Waals surface area contributed by atoms with Crippen molar-refractivity contribution >= 4 is 64.8 Å². The number of carbonyl (C=O) groups is 5. The van der Waals surface area contributed by atoms with Gasteiger partial charge in [-0.1, -0.05) is 229 Å². The maximum absolute atomic E-state index is 14.9. The molecule has 11 rings (SSSR count). The summed E-state index contributed by atoms with van der Waals surface area (Å²) < 4.78 is 127. The van der Waals surface area contributed by atoms with Crippen molar-refractivity contribution in [2.75, 3.05) is 19.8 Å². The minimum Gasteiger partial charge on any atom is -0.508 e. The van der Waals surface area contributed by atoms with E-state index in [0.29, 0.717) is 22.3 Å². The molecule has 0 bridgehead atoms. The normalized spacial score (nSPS) is 27.8. The van der Waals surface area contributed by atoms with Gasteiger partial charge in [-0.3, -0.25) is 19.2 Å². The topological polar surface area (TPSA) is 293 Å². The number of hydrogen-bond acceptors (Lipinski definition) is 25. The van der Waals surface area contributed by atoms with E-state index in [2.05, 4.69) is 5.32 Å². The van der Waals surface area contributed by atoms with Crippen LogP contribution in [0.3, 0.4) is 0 Å². The summed E-state index contributed by atoms with van der Waals surface area (Å²) in [6, 6.07) is 60.1. The Balaban J connectivity index is 1.13. The first-order valence-corrected chi connectivity index (χ1v) is 38.2. The van der Waals surface area contributed by atoms with Crippen LogP contribution in [0.2, 0.25) is 0 Å². The van der Waals surface area contributed by atoms with Crippen molar-refractivity contribution in [3.05, 3.63) is 245 Å². The first kappa shape index (κ1) is 85.7. The number of halogens is 3. The number of alkyl halides is 3. The van der Waals surface area contributed by atoms with Crippen LogP contribution in [0.5, 0.6) is 5.75 Å². The summed E-state index contributed by atoms with van der Waals surface area (Å²) in [7, 11) is 0. The Morgan fingerprint density at radius 2 is 0.673 bits per heavy atom. The second kappa shape index (κ2) is 42.4. The predicted octanol–water partition coefficient (Wildman–Crippen LogP) is 12.0. The maximum Gasteiger partial charge on any atom is 0.407 e. The van der Waals surface area contributed by atoms with E-state index in [9.17, 15) is 29.1 Å². The Kier molecular flexibility index (Phi) is 32.2. The lowest BCUT2D eigenvalue weighted by molar-refractivity contribution is -0.400. The van der Waals surface area contributed by atoms with E-state index in [0.717, 1.165) is 16.7 Å². The largest absolute Gasteiger partial charge is 0.508 e. The number of amides is 1. The lowest BCUT2D eigenvalue weighted by Gasteiger charge is -2.52. The number of ether oxygens (including phenoxy) is 19. The first-order valence-electron chi connectivity index (χ1n) is 37.1. The highest BCUT2D eigenvalue weighted by molar-refractivity contribution is 6.67. The zero-order valence-electron chi connectivity index (χ0n) is 63.1. The lowest BCUT2D eigenvalue weighted by Crippen LogP contribution is -2.71. The van der Waals surface area contributed by atoms with Gasteiger partial charge in [0.2, 0.25) is 3.79 Å². The van der Waals surface area contributed by atoms with E-state index in [1.54, 1.807) is 50.2 Å². The van der Waals surface area contributed by atoms with Gasteiger partial charge in [-0.15, -0.1) is 0 Å². The molecule has 4 aliphatic heterocycles. The van der Waals surface area contributed by atoms with Gasteiger partial charge in [0.15, 0.2) is 49.6 Å². The molecular weight excluding hydrogens is 1530 g/mol. The number of nitrogens with one attached hydrogen (secondary N) is 1. The summed E-state index contributed by atoms with van der Waals surface area (Å²) in [5.41, 5.74) is 4.92. The van der Waals surface area contributed by atoms with Crippen LogP contribution in [0.1, 0.15) is 80.5 Å². The second-order valence-electron chi connectivity index (χ2n) is 27.5. The summed E-state index contributed by atoms with van der Waals surface area (Å²) in [5, 5.41) is 13.3. The third-order valence-electron chi connectivity index (χ3n) is 18.7. The third kappa shape index (κ3) is 25.6. The molecule has 7 aromatic carbocycles.